The Kier molecular flexibility index (Phi) is 5.93. The van der Waals surface area contributed by atoms with Gasteiger partial charge in [0.1, 0.15) is 11.3 Å². The van der Waals surface area contributed by atoms with Crippen LogP contribution in [0.3, 0.4) is 0 Å². The van der Waals surface area contributed by atoms with E-state index in [0.717, 1.165) is 27.4 Å². The topological polar surface area (TPSA) is 124 Å². The van der Waals surface area contributed by atoms with Gasteiger partial charge in [0.15, 0.2) is 6.61 Å². The number of carbonyl (C=O) groups excluding carboxylic acids is 2. The van der Waals surface area contributed by atoms with Crippen LogP contribution in [-0.2, 0) is 22.4 Å². The largest absolute Gasteiger partial charge is 0.548 e. The van der Waals surface area contributed by atoms with Crippen molar-refractivity contribution in [3.05, 3.63) is 76.3 Å². The molecule has 8 nitrogen and oxygen atoms in total. The second kappa shape index (κ2) is 8.97. The first-order valence-corrected chi connectivity index (χ1v) is 10.2. The Hall–Kier alpha value is -4.07. The fourth-order valence-corrected chi connectivity index (χ4v) is 3.69. The third kappa shape index (κ3) is 4.49. The summed E-state index contributed by atoms with van der Waals surface area (Å²) in [7, 11) is 0. The molecule has 4 rings (SSSR count). The zero-order chi connectivity index (χ0) is 22.7. The van der Waals surface area contributed by atoms with E-state index in [0.29, 0.717) is 17.8 Å². The number of H-pyrrole nitrogens is 1. The molecule has 2 aromatic carbocycles. The molecule has 164 valence electrons. The number of ether oxygens (including phenoxy) is 1. The number of rotatable bonds is 8. The van der Waals surface area contributed by atoms with Crippen molar-refractivity contribution >= 4 is 33.7 Å². The van der Waals surface area contributed by atoms with Crippen molar-refractivity contribution in [2.45, 2.75) is 25.8 Å². The molecule has 0 aliphatic rings. The molecule has 0 bridgehead atoms. The van der Waals surface area contributed by atoms with Crippen LogP contribution in [0, 0.1) is 0 Å². The number of carbonyl (C=O) groups is 2. The number of hydrogen-bond acceptors (Lipinski definition) is 6. The third-order valence-electron chi connectivity index (χ3n) is 5.27. The number of aromatic nitrogens is 1. The summed E-state index contributed by atoms with van der Waals surface area (Å²) in [5.41, 5.74) is 2.39. The predicted octanol–water partition coefficient (Wildman–Crippen LogP) is 1.69. The lowest BCUT2D eigenvalue weighted by Gasteiger charge is -2.19. The fraction of sp³-hybridized carbons (Fsp3) is 0.208. The second-order valence-corrected chi connectivity index (χ2v) is 7.39. The van der Waals surface area contributed by atoms with Crippen LogP contribution in [0.4, 0.5) is 0 Å². The number of amides is 1. The van der Waals surface area contributed by atoms with E-state index in [9.17, 15) is 19.5 Å². The Bertz CT molecular complexity index is 1350. The molecule has 8 heteroatoms. The minimum absolute atomic E-state index is 0.0685. The number of carboxylic acid groups (broad SMARTS) is 1. The van der Waals surface area contributed by atoms with E-state index in [1.54, 1.807) is 18.3 Å². The molecule has 2 N–H and O–H groups in total. The lowest BCUT2D eigenvalue weighted by molar-refractivity contribution is -0.308. The fourth-order valence-electron chi connectivity index (χ4n) is 3.69. The van der Waals surface area contributed by atoms with Gasteiger partial charge in [-0.25, -0.2) is 4.79 Å². The van der Waals surface area contributed by atoms with E-state index in [4.69, 9.17) is 9.15 Å². The number of aromatic amines is 1. The van der Waals surface area contributed by atoms with Gasteiger partial charge >= 0.3 is 5.63 Å². The van der Waals surface area contributed by atoms with Gasteiger partial charge in [-0.1, -0.05) is 25.1 Å². The minimum atomic E-state index is -1.39. The summed E-state index contributed by atoms with van der Waals surface area (Å²) in [6.07, 6.45) is 2.46. The molecule has 2 aromatic heterocycles. The molecule has 0 aliphatic carbocycles. The first kappa shape index (κ1) is 21.2. The molecule has 0 aliphatic heterocycles. The van der Waals surface area contributed by atoms with E-state index >= 15 is 0 Å². The van der Waals surface area contributed by atoms with Crippen molar-refractivity contribution in [3.8, 4) is 5.75 Å². The van der Waals surface area contributed by atoms with Gasteiger partial charge in [0.25, 0.3) is 5.91 Å². The van der Waals surface area contributed by atoms with Crippen LogP contribution in [-0.4, -0.2) is 29.5 Å². The molecule has 0 unspecified atom stereocenters. The Labute approximate surface area is 182 Å². The monoisotopic (exact) mass is 433 g/mol. The standard InChI is InChI=1S/C24H22N2O6/c1-2-14-10-23(28)32-21-11-16(7-8-18(14)21)31-13-22(27)26-20(24(29)30)9-15-12-25-19-6-4-3-5-17(15)19/h3-8,10-12,20,25H,2,9,13H2,1H3,(H,26,27)(H,29,30)/p-1/t20-/m0/s1. The van der Waals surface area contributed by atoms with E-state index in [2.05, 4.69) is 10.3 Å². The van der Waals surface area contributed by atoms with Gasteiger partial charge in [0.05, 0.1) is 12.0 Å². The van der Waals surface area contributed by atoms with Gasteiger partial charge in [0.2, 0.25) is 0 Å². The average molecular weight is 433 g/mol. The summed E-state index contributed by atoms with van der Waals surface area (Å²) in [4.78, 5) is 38.7. The number of para-hydroxylation sites is 1. The maximum Gasteiger partial charge on any atom is 0.336 e. The summed E-state index contributed by atoms with van der Waals surface area (Å²) >= 11 is 0. The summed E-state index contributed by atoms with van der Waals surface area (Å²) in [6, 6.07) is 12.7. The number of aryl methyl sites for hydroxylation is 1. The molecule has 0 saturated heterocycles. The van der Waals surface area contributed by atoms with Gasteiger partial charge in [-0.15, -0.1) is 0 Å². The van der Waals surface area contributed by atoms with E-state index in [1.807, 2.05) is 31.2 Å². The predicted molar refractivity (Wildman–Crippen MR) is 116 cm³/mol. The molecule has 0 fully saturated rings. The van der Waals surface area contributed by atoms with Gasteiger partial charge in [-0.2, -0.15) is 0 Å². The van der Waals surface area contributed by atoms with Crippen molar-refractivity contribution in [1.82, 2.24) is 10.3 Å². The van der Waals surface area contributed by atoms with Crippen molar-refractivity contribution in [1.29, 1.82) is 0 Å². The molecule has 0 radical (unpaired) electrons. The smallest absolute Gasteiger partial charge is 0.336 e. The highest BCUT2D eigenvalue weighted by atomic mass is 16.5. The second-order valence-electron chi connectivity index (χ2n) is 7.39. The van der Waals surface area contributed by atoms with Crippen molar-refractivity contribution in [2.24, 2.45) is 0 Å². The quantitative estimate of drug-likeness (QED) is 0.408. The summed E-state index contributed by atoms with van der Waals surface area (Å²) < 4.78 is 10.7. The van der Waals surface area contributed by atoms with Crippen molar-refractivity contribution in [3.63, 3.8) is 0 Å². The number of carboxylic acids is 1. The molecule has 0 saturated carbocycles. The normalized spacial score (nSPS) is 12.0. The van der Waals surface area contributed by atoms with E-state index in [-0.39, 0.29) is 6.42 Å². The average Bonchev–Trinajstić information content (AvgIpc) is 3.19. The Balaban J connectivity index is 1.42. The van der Waals surface area contributed by atoms with E-state index in [1.165, 1.54) is 12.1 Å². The SMILES string of the molecule is CCc1cc(=O)oc2cc(OCC(=O)N[C@@H](Cc3c[nH]c4ccccc34)C(=O)[O-])ccc12. The first-order chi connectivity index (χ1) is 15.4. The van der Waals surface area contributed by atoms with Crippen LogP contribution in [0.2, 0.25) is 0 Å². The summed E-state index contributed by atoms with van der Waals surface area (Å²) in [5, 5.41) is 15.7. The molecule has 1 amide bonds. The maximum atomic E-state index is 12.3. The Morgan fingerprint density at radius 2 is 1.94 bits per heavy atom. The highest BCUT2D eigenvalue weighted by Gasteiger charge is 2.17. The van der Waals surface area contributed by atoms with Crippen molar-refractivity contribution in [2.75, 3.05) is 6.61 Å². The molecule has 4 aromatic rings. The third-order valence-corrected chi connectivity index (χ3v) is 5.27. The van der Waals surface area contributed by atoms with Gasteiger partial charge in [-0.3, -0.25) is 4.79 Å². The highest BCUT2D eigenvalue weighted by molar-refractivity contribution is 5.87. The molecular weight excluding hydrogens is 412 g/mol. The van der Waals surface area contributed by atoms with Crippen LogP contribution >= 0.6 is 0 Å². The maximum absolute atomic E-state index is 12.3. The van der Waals surface area contributed by atoms with Crippen LogP contribution in [0.1, 0.15) is 18.1 Å². The highest BCUT2D eigenvalue weighted by Crippen LogP contribution is 2.23. The lowest BCUT2D eigenvalue weighted by Crippen LogP contribution is -2.50. The number of nitrogens with one attached hydrogen (secondary N) is 2. The number of hydrogen-bond donors (Lipinski definition) is 2. The van der Waals surface area contributed by atoms with Crippen LogP contribution in [0.5, 0.6) is 5.75 Å². The van der Waals surface area contributed by atoms with Crippen LogP contribution in [0.15, 0.2) is 63.9 Å². The van der Waals surface area contributed by atoms with Crippen LogP contribution in [0.25, 0.3) is 21.9 Å². The van der Waals surface area contributed by atoms with Gasteiger partial charge in [0, 0.05) is 41.0 Å². The Morgan fingerprint density at radius 1 is 1.12 bits per heavy atom. The summed E-state index contributed by atoms with van der Waals surface area (Å²) in [5.74, 6) is -1.67. The number of aliphatic carboxylic acids is 1. The zero-order valence-corrected chi connectivity index (χ0v) is 17.3. The van der Waals surface area contributed by atoms with Gasteiger partial charge < -0.3 is 29.4 Å². The Morgan fingerprint density at radius 3 is 2.72 bits per heavy atom. The van der Waals surface area contributed by atoms with Crippen molar-refractivity contribution < 1.29 is 23.8 Å². The molecule has 1 atom stereocenters. The molecule has 0 spiro atoms. The first-order valence-electron chi connectivity index (χ1n) is 10.2. The number of fused-ring (bicyclic) bond motifs is 2. The summed E-state index contributed by atoms with van der Waals surface area (Å²) in [6.45, 7) is 1.54. The molecular formula is C24H21N2O6-. The lowest BCUT2D eigenvalue weighted by atomic mass is 10.1. The number of benzene rings is 2. The molecule has 32 heavy (non-hydrogen) atoms. The van der Waals surface area contributed by atoms with E-state index < -0.39 is 30.2 Å². The molecule has 2 heterocycles. The van der Waals surface area contributed by atoms with Crippen LogP contribution < -0.4 is 20.8 Å². The van der Waals surface area contributed by atoms with Gasteiger partial charge in [-0.05, 0) is 35.7 Å². The minimum Gasteiger partial charge on any atom is -0.548 e. The zero-order valence-electron chi connectivity index (χ0n) is 17.3.